The molecule has 168 valence electrons. The second kappa shape index (κ2) is 8.74. The van der Waals surface area contributed by atoms with E-state index >= 15 is 0 Å². The Labute approximate surface area is 183 Å². The van der Waals surface area contributed by atoms with E-state index in [1.165, 1.54) is 12.1 Å². The summed E-state index contributed by atoms with van der Waals surface area (Å²) in [7, 11) is 1.76. The van der Waals surface area contributed by atoms with Gasteiger partial charge in [-0.25, -0.2) is 4.98 Å². The smallest absolute Gasteiger partial charge is 0.368 e. The van der Waals surface area contributed by atoms with Crippen LogP contribution in [0.15, 0.2) is 48.8 Å². The fourth-order valence-corrected chi connectivity index (χ4v) is 3.85. The lowest BCUT2D eigenvalue weighted by Crippen LogP contribution is -2.43. The van der Waals surface area contributed by atoms with Crippen LogP contribution < -0.4 is 0 Å². The van der Waals surface area contributed by atoms with E-state index in [9.17, 15) is 18.0 Å². The topological polar surface area (TPSA) is 60.2 Å². The van der Waals surface area contributed by atoms with E-state index in [1.807, 2.05) is 19.1 Å². The molecule has 0 aliphatic carbocycles. The summed E-state index contributed by atoms with van der Waals surface area (Å²) in [5, 5.41) is 0. The summed E-state index contributed by atoms with van der Waals surface area (Å²) >= 11 is 0. The summed E-state index contributed by atoms with van der Waals surface area (Å²) in [6.07, 6.45) is -1.17. The maximum Gasteiger partial charge on any atom is 0.416 e. The van der Waals surface area contributed by atoms with Crippen LogP contribution in [0.25, 0.3) is 0 Å². The minimum absolute atomic E-state index is 0.178. The Kier molecular flexibility index (Phi) is 6.01. The third-order valence-corrected chi connectivity index (χ3v) is 5.39. The van der Waals surface area contributed by atoms with E-state index in [4.69, 9.17) is 4.74 Å². The molecule has 1 fully saturated rings. The summed E-state index contributed by atoms with van der Waals surface area (Å²) in [6, 6.07) is 9.01. The molecule has 1 aliphatic rings. The van der Waals surface area contributed by atoms with Gasteiger partial charge in [0, 0.05) is 31.7 Å². The highest BCUT2D eigenvalue weighted by atomic mass is 19.4. The van der Waals surface area contributed by atoms with Crippen molar-refractivity contribution in [2.45, 2.75) is 25.6 Å². The van der Waals surface area contributed by atoms with Crippen molar-refractivity contribution in [1.82, 2.24) is 19.4 Å². The highest BCUT2D eigenvalue weighted by molar-refractivity contribution is 5.90. The van der Waals surface area contributed by atoms with Gasteiger partial charge in [-0.05, 0) is 42.7 Å². The first kappa shape index (κ1) is 22.0. The molecule has 1 saturated heterocycles. The van der Waals surface area contributed by atoms with Gasteiger partial charge in [-0.1, -0.05) is 18.2 Å². The van der Waals surface area contributed by atoms with Crippen LogP contribution in [0.5, 0.6) is 0 Å². The van der Waals surface area contributed by atoms with Crippen molar-refractivity contribution in [1.29, 1.82) is 0 Å². The minimum Gasteiger partial charge on any atom is -0.368 e. The summed E-state index contributed by atoms with van der Waals surface area (Å²) in [6.45, 7) is 2.97. The van der Waals surface area contributed by atoms with Crippen LogP contribution >= 0.6 is 0 Å². The van der Waals surface area contributed by atoms with Gasteiger partial charge in [-0.3, -0.25) is 9.78 Å². The fraction of sp³-hybridized carbons (Fsp3) is 0.348. The number of aryl methyl sites for hydroxylation is 2. The second-order valence-electron chi connectivity index (χ2n) is 7.89. The van der Waals surface area contributed by atoms with Crippen molar-refractivity contribution in [3.05, 3.63) is 82.7 Å². The Bertz CT molecular complexity index is 1130. The summed E-state index contributed by atoms with van der Waals surface area (Å²) in [4.78, 5) is 23.2. The number of ether oxygens (including phenoxy) is 1. The highest BCUT2D eigenvalue weighted by Gasteiger charge is 2.31. The van der Waals surface area contributed by atoms with E-state index in [2.05, 4.69) is 9.97 Å². The van der Waals surface area contributed by atoms with Gasteiger partial charge >= 0.3 is 6.18 Å². The largest absolute Gasteiger partial charge is 0.416 e. The molecule has 0 radical (unpaired) electrons. The monoisotopic (exact) mass is 444 g/mol. The zero-order chi connectivity index (χ0) is 22.9. The highest BCUT2D eigenvalue weighted by Crippen LogP contribution is 2.30. The molecular formula is C23H23F3N4O2. The summed E-state index contributed by atoms with van der Waals surface area (Å²) in [5.74, 6) is 0.177. The van der Waals surface area contributed by atoms with E-state index in [0.29, 0.717) is 43.2 Å². The molecule has 32 heavy (non-hydrogen) atoms. The van der Waals surface area contributed by atoms with Crippen molar-refractivity contribution in [2.75, 3.05) is 19.7 Å². The SMILES string of the molecule is Cc1cc(Cc2cccc(C(F)(F)F)c2)cc(C2CN(C(=O)c3nccn3C)CCO2)n1. The maximum absolute atomic E-state index is 13.0. The number of morpholine rings is 1. The van der Waals surface area contributed by atoms with Crippen molar-refractivity contribution < 1.29 is 22.7 Å². The number of alkyl halides is 3. The lowest BCUT2D eigenvalue weighted by molar-refractivity contribution is -0.137. The molecule has 1 aliphatic heterocycles. The predicted molar refractivity (Wildman–Crippen MR) is 111 cm³/mol. The second-order valence-corrected chi connectivity index (χ2v) is 7.89. The molecule has 1 atom stereocenters. The zero-order valence-corrected chi connectivity index (χ0v) is 17.8. The first-order valence-corrected chi connectivity index (χ1v) is 10.2. The predicted octanol–water partition coefficient (Wildman–Crippen LogP) is 3.95. The first-order chi connectivity index (χ1) is 15.2. The Hall–Kier alpha value is -3.20. The molecule has 1 amide bonds. The lowest BCUT2D eigenvalue weighted by Gasteiger charge is -2.32. The van der Waals surface area contributed by atoms with Gasteiger partial charge in [0.05, 0.1) is 24.4 Å². The molecule has 3 aromatic rings. The number of carbonyl (C=O) groups is 1. The van der Waals surface area contributed by atoms with Crippen LogP contribution in [-0.2, 0) is 24.4 Å². The van der Waals surface area contributed by atoms with Crippen LogP contribution in [0.3, 0.4) is 0 Å². The maximum atomic E-state index is 13.0. The number of aromatic nitrogens is 3. The summed E-state index contributed by atoms with van der Waals surface area (Å²) in [5.41, 5.74) is 2.13. The molecule has 6 nitrogen and oxygen atoms in total. The van der Waals surface area contributed by atoms with E-state index in [1.54, 1.807) is 35.0 Å². The Morgan fingerprint density at radius 3 is 2.75 bits per heavy atom. The standard InChI is InChI=1S/C23H23F3N4O2/c1-15-10-17(11-16-4-3-5-18(12-16)23(24,25)26)13-19(28-15)20-14-30(8-9-32-20)22(31)21-27-6-7-29(21)2/h3-7,10,12-13,20H,8-9,11,14H2,1-2H3. The molecule has 0 saturated carbocycles. The van der Waals surface area contributed by atoms with Gasteiger partial charge in [-0.15, -0.1) is 0 Å². The quantitative estimate of drug-likeness (QED) is 0.612. The van der Waals surface area contributed by atoms with Crippen molar-refractivity contribution in [2.24, 2.45) is 7.05 Å². The molecular weight excluding hydrogens is 421 g/mol. The van der Waals surface area contributed by atoms with Gasteiger partial charge in [0.15, 0.2) is 5.82 Å². The number of pyridine rings is 1. The number of hydrogen-bond acceptors (Lipinski definition) is 4. The summed E-state index contributed by atoms with van der Waals surface area (Å²) < 4.78 is 46.7. The number of amides is 1. The fourth-order valence-electron chi connectivity index (χ4n) is 3.85. The van der Waals surface area contributed by atoms with Crippen LogP contribution in [0.2, 0.25) is 0 Å². The van der Waals surface area contributed by atoms with Crippen molar-refractivity contribution >= 4 is 5.91 Å². The Morgan fingerprint density at radius 1 is 1.22 bits per heavy atom. The van der Waals surface area contributed by atoms with Gasteiger partial charge < -0.3 is 14.2 Å². The lowest BCUT2D eigenvalue weighted by atomic mass is 10.0. The number of imidazole rings is 1. The number of carbonyl (C=O) groups excluding carboxylic acids is 1. The van der Waals surface area contributed by atoms with Gasteiger partial charge in [0.25, 0.3) is 5.91 Å². The molecule has 1 aromatic carbocycles. The number of nitrogens with zero attached hydrogens (tertiary/aromatic N) is 4. The van der Waals surface area contributed by atoms with Crippen LogP contribution in [0.4, 0.5) is 13.2 Å². The first-order valence-electron chi connectivity index (χ1n) is 10.2. The van der Waals surface area contributed by atoms with Crippen LogP contribution in [-0.4, -0.2) is 45.0 Å². The van der Waals surface area contributed by atoms with Crippen molar-refractivity contribution in [3.8, 4) is 0 Å². The van der Waals surface area contributed by atoms with E-state index in [0.717, 1.165) is 17.3 Å². The molecule has 1 unspecified atom stereocenters. The van der Waals surface area contributed by atoms with Gasteiger partial charge in [0.1, 0.15) is 6.10 Å². The third-order valence-electron chi connectivity index (χ3n) is 5.39. The average Bonchev–Trinajstić information content (AvgIpc) is 3.18. The number of hydrogen-bond donors (Lipinski definition) is 0. The zero-order valence-electron chi connectivity index (χ0n) is 17.8. The third kappa shape index (κ3) is 4.83. The molecule has 0 bridgehead atoms. The van der Waals surface area contributed by atoms with E-state index < -0.39 is 17.8 Å². The van der Waals surface area contributed by atoms with Crippen LogP contribution in [0, 0.1) is 6.92 Å². The normalized spacial score (nSPS) is 16.9. The Balaban J connectivity index is 1.54. The molecule has 0 N–H and O–H groups in total. The van der Waals surface area contributed by atoms with Crippen molar-refractivity contribution in [3.63, 3.8) is 0 Å². The molecule has 9 heteroatoms. The minimum atomic E-state index is -4.38. The molecule has 4 rings (SSSR count). The number of benzene rings is 1. The number of rotatable bonds is 4. The molecule has 0 spiro atoms. The average molecular weight is 444 g/mol. The molecule has 3 heterocycles. The van der Waals surface area contributed by atoms with E-state index in [-0.39, 0.29) is 5.91 Å². The van der Waals surface area contributed by atoms with Crippen LogP contribution in [0.1, 0.15) is 44.8 Å². The van der Waals surface area contributed by atoms with Gasteiger partial charge in [0.2, 0.25) is 0 Å². The molecule has 2 aromatic heterocycles. The number of halogens is 3. The van der Waals surface area contributed by atoms with Gasteiger partial charge in [-0.2, -0.15) is 13.2 Å². The Morgan fingerprint density at radius 2 is 2.03 bits per heavy atom.